The highest BCUT2D eigenvalue weighted by atomic mass is 16.4. The van der Waals surface area contributed by atoms with Crippen LogP contribution in [0.4, 0.5) is 0 Å². The number of nitrogens with one attached hydrogen (secondary N) is 1. The predicted molar refractivity (Wildman–Crippen MR) is 76.0 cm³/mol. The number of rotatable bonds is 4. The lowest BCUT2D eigenvalue weighted by Gasteiger charge is -2.26. The van der Waals surface area contributed by atoms with Crippen molar-refractivity contribution in [3.05, 3.63) is 0 Å². The van der Waals surface area contributed by atoms with Crippen LogP contribution in [0.15, 0.2) is 0 Å². The summed E-state index contributed by atoms with van der Waals surface area (Å²) in [5, 5.41) is 12.4. The van der Waals surface area contributed by atoms with Crippen molar-refractivity contribution in [2.24, 2.45) is 23.5 Å². The van der Waals surface area contributed by atoms with Crippen molar-refractivity contribution in [3.63, 3.8) is 0 Å². The van der Waals surface area contributed by atoms with E-state index in [-0.39, 0.29) is 23.8 Å². The molecule has 0 aliphatic heterocycles. The first-order valence-corrected chi connectivity index (χ1v) is 7.86. The van der Waals surface area contributed by atoms with Crippen LogP contribution in [0.25, 0.3) is 0 Å². The number of nitrogens with two attached hydrogens (primary N) is 1. The summed E-state index contributed by atoms with van der Waals surface area (Å²) in [4.78, 5) is 23.8. The number of hydrogen-bond acceptors (Lipinski definition) is 3. The minimum Gasteiger partial charge on any atom is -0.481 e. The molecule has 20 heavy (non-hydrogen) atoms. The van der Waals surface area contributed by atoms with Crippen LogP contribution in [-0.2, 0) is 9.59 Å². The summed E-state index contributed by atoms with van der Waals surface area (Å²) in [6.45, 7) is 0.547. The van der Waals surface area contributed by atoms with Gasteiger partial charge in [-0.25, -0.2) is 0 Å². The van der Waals surface area contributed by atoms with Gasteiger partial charge < -0.3 is 16.2 Å². The van der Waals surface area contributed by atoms with Crippen LogP contribution in [0.2, 0.25) is 0 Å². The predicted octanol–water partition coefficient (Wildman–Crippen LogP) is 1.51. The van der Waals surface area contributed by atoms with Crippen LogP contribution in [0.5, 0.6) is 0 Å². The Kier molecular flexibility index (Phi) is 5.40. The molecule has 114 valence electrons. The SMILES string of the molecule is NCC1CCCC1C(=O)NC1CCCCCC1C(=O)O. The Morgan fingerprint density at radius 1 is 1.00 bits per heavy atom. The summed E-state index contributed by atoms with van der Waals surface area (Å²) in [6.07, 6.45) is 7.41. The third kappa shape index (κ3) is 3.51. The molecule has 0 spiro atoms. The molecule has 2 rings (SSSR count). The lowest BCUT2D eigenvalue weighted by Crippen LogP contribution is -2.46. The first-order valence-electron chi connectivity index (χ1n) is 7.86. The molecule has 5 heteroatoms. The van der Waals surface area contributed by atoms with Crippen molar-refractivity contribution in [1.82, 2.24) is 5.32 Å². The maximum Gasteiger partial charge on any atom is 0.308 e. The minimum atomic E-state index is -0.779. The molecule has 1 amide bonds. The van der Waals surface area contributed by atoms with Gasteiger partial charge in [-0.2, -0.15) is 0 Å². The number of carboxylic acids is 1. The van der Waals surface area contributed by atoms with E-state index >= 15 is 0 Å². The summed E-state index contributed by atoms with van der Waals surface area (Å²) < 4.78 is 0. The highest BCUT2D eigenvalue weighted by molar-refractivity contribution is 5.80. The molecule has 4 unspecified atom stereocenters. The molecule has 0 bridgehead atoms. The molecule has 0 saturated heterocycles. The van der Waals surface area contributed by atoms with Gasteiger partial charge in [-0.05, 0) is 38.1 Å². The normalized spacial score (nSPS) is 34.5. The Hall–Kier alpha value is -1.10. The number of aliphatic carboxylic acids is 1. The van der Waals surface area contributed by atoms with Crippen molar-refractivity contribution in [2.45, 2.75) is 57.4 Å². The van der Waals surface area contributed by atoms with Crippen LogP contribution in [0, 0.1) is 17.8 Å². The van der Waals surface area contributed by atoms with Gasteiger partial charge in [0.1, 0.15) is 0 Å². The monoisotopic (exact) mass is 282 g/mol. The minimum absolute atomic E-state index is 0.0160. The molecule has 0 aromatic rings. The Bertz CT molecular complexity index is 359. The number of carbonyl (C=O) groups excluding carboxylic acids is 1. The molecule has 0 heterocycles. The molecular formula is C15H26N2O3. The van der Waals surface area contributed by atoms with Gasteiger partial charge in [-0.1, -0.05) is 25.7 Å². The zero-order valence-electron chi connectivity index (χ0n) is 12.0. The smallest absolute Gasteiger partial charge is 0.308 e. The van der Waals surface area contributed by atoms with E-state index in [1.807, 2.05) is 0 Å². The van der Waals surface area contributed by atoms with E-state index in [1.54, 1.807) is 0 Å². The second-order valence-electron chi connectivity index (χ2n) is 6.23. The zero-order valence-corrected chi connectivity index (χ0v) is 12.0. The van der Waals surface area contributed by atoms with Gasteiger partial charge >= 0.3 is 5.97 Å². The molecular weight excluding hydrogens is 256 g/mol. The summed E-state index contributed by atoms with van der Waals surface area (Å²) in [6, 6.07) is -0.207. The van der Waals surface area contributed by atoms with E-state index < -0.39 is 11.9 Å². The Morgan fingerprint density at radius 2 is 1.70 bits per heavy atom. The second-order valence-corrected chi connectivity index (χ2v) is 6.23. The number of carboxylic acid groups (broad SMARTS) is 1. The van der Waals surface area contributed by atoms with Crippen molar-refractivity contribution in [2.75, 3.05) is 6.54 Å². The van der Waals surface area contributed by atoms with Gasteiger partial charge in [0.15, 0.2) is 0 Å². The van der Waals surface area contributed by atoms with Gasteiger partial charge in [0.2, 0.25) is 5.91 Å². The van der Waals surface area contributed by atoms with E-state index in [0.29, 0.717) is 13.0 Å². The van der Waals surface area contributed by atoms with Crippen molar-refractivity contribution < 1.29 is 14.7 Å². The van der Waals surface area contributed by atoms with Crippen LogP contribution in [0.1, 0.15) is 51.4 Å². The molecule has 2 aliphatic carbocycles. The lowest BCUT2D eigenvalue weighted by molar-refractivity contribution is -0.143. The number of hydrogen-bond donors (Lipinski definition) is 3. The summed E-state index contributed by atoms with van der Waals surface area (Å²) >= 11 is 0. The molecule has 4 atom stereocenters. The Balaban J connectivity index is 1.98. The lowest BCUT2D eigenvalue weighted by atomic mass is 9.91. The third-order valence-corrected chi connectivity index (χ3v) is 4.96. The van der Waals surface area contributed by atoms with Crippen molar-refractivity contribution >= 4 is 11.9 Å². The van der Waals surface area contributed by atoms with E-state index in [9.17, 15) is 14.7 Å². The fourth-order valence-electron chi connectivity index (χ4n) is 3.73. The average Bonchev–Trinajstić information content (AvgIpc) is 2.78. The summed E-state index contributed by atoms with van der Waals surface area (Å²) in [5.74, 6) is -0.934. The number of carbonyl (C=O) groups is 2. The van der Waals surface area contributed by atoms with Gasteiger partial charge in [0.05, 0.1) is 5.92 Å². The van der Waals surface area contributed by atoms with E-state index in [1.165, 1.54) is 0 Å². The zero-order chi connectivity index (χ0) is 14.5. The molecule has 0 radical (unpaired) electrons. The maximum atomic E-state index is 12.4. The first-order chi connectivity index (χ1) is 9.63. The molecule has 0 aromatic heterocycles. The quantitative estimate of drug-likeness (QED) is 0.681. The molecule has 0 aromatic carbocycles. The fraction of sp³-hybridized carbons (Fsp3) is 0.867. The summed E-state index contributed by atoms with van der Waals surface area (Å²) in [5.41, 5.74) is 5.72. The summed E-state index contributed by atoms with van der Waals surface area (Å²) in [7, 11) is 0. The maximum absolute atomic E-state index is 12.4. The fourth-order valence-corrected chi connectivity index (χ4v) is 3.73. The van der Waals surface area contributed by atoms with E-state index in [0.717, 1.165) is 44.9 Å². The van der Waals surface area contributed by atoms with Gasteiger partial charge in [0, 0.05) is 12.0 Å². The molecule has 2 fully saturated rings. The van der Waals surface area contributed by atoms with Gasteiger partial charge in [-0.15, -0.1) is 0 Å². The molecule has 2 saturated carbocycles. The third-order valence-electron chi connectivity index (χ3n) is 4.96. The van der Waals surface area contributed by atoms with Crippen LogP contribution < -0.4 is 11.1 Å². The first kappa shape index (κ1) is 15.3. The largest absolute Gasteiger partial charge is 0.481 e. The highest BCUT2D eigenvalue weighted by Crippen LogP contribution is 2.32. The Labute approximate surface area is 120 Å². The standard InChI is InChI=1S/C15H26N2O3/c16-9-10-5-4-7-11(10)14(18)17-13-8-3-1-2-6-12(13)15(19)20/h10-13H,1-9,16H2,(H,17,18)(H,19,20). The van der Waals surface area contributed by atoms with E-state index in [2.05, 4.69) is 5.32 Å². The number of amides is 1. The van der Waals surface area contributed by atoms with Gasteiger partial charge in [0.25, 0.3) is 0 Å². The topological polar surface area (TPSA) is 92.4 Å². The van der Waals surface area contributed by atoms with Crippen molar-refractivity contribution in [3.8, 4) is 0 Å². The molecule has 4 N–H and O–H groups in total. The average molecular weight is 282 g/mol. The van der Waals surface area contributed by atoms with E-state index in [4.69, 9.17) is 5.73 Å². The molecule has 5 nitrogen and oxygen atoms in total. The second kappa shape index (κ2) is 7.07. The molecule has 2 aliphatic rings. The van der Waals surface area contributed by atoms with Gasteiger partial charge in [-0.3, -0.25) is 9.59 Å². The highest BCUT2D eigenvalue weighted by Gasteiger charge is 2.36. The van der Waals surface area contributed by atoms with Crippen LogP contribution in [0.3, 0.4) is 0 Å². The van der Waals surface area contributed by atoms with Crippen LogP contribution in [-0.4, -0.2) is 29.6 Å². The van der Waals surface area contributed by atoms with Crippen molar-refractivity contribution in [1.29, 1.82) is 0 Å². The Morgan fingerprint density at radius 3 is 2.40 bits per heavy atom. The van der Waals surface area contributed by atoms with Crippen LogP contribution >= 0.6 is 0 Å².